The minimum absolute atomic E-state index is 0.00308. The van der Waals surface area contributed by atoms with Crippen molar-refractivity contribution in [2.75, 3.05) is 13.2 Å². The summed E-state index contributed by atoms with van der Waals surface area (Å²) in [5, 5.41) is 10.0. The number of benzene rings is 1. The van der Waals surface area contributed by atoms with Crippen LogP contribution in [0.1, 0.15) is 25.7 Å². The zero-order valence-corrected chi connectivity index (χ0v) is 13.2. The number of aliphatic hydroxyl groups excluding tert-OH is 1. The van der Waals surface area contributed by atoms with E-state index in [1.165, 1.54) is 18.2 Å². The molecule has 2 N–H and O–H groups in total. The van der Waals surface area contributed by atoms with Gasteiger partial charge in [-0.2, -0.15) is 0 Å². The van der Waals surface area contributed by atoms with Gasteiger partial charge < -0.3 is 5.11 Å². The molecule has 0 amide bonds. The van der Waals surface area contributed by atoms with E-state index in [4.69, 9.17) is 23.2 Å². The van der Waals surface area contributed by atoms with Crippen LogP contribution >= 0.6 is 23.2 Å². The van der Waals surface area contributed by atoms with E-state index in [-0.39, 0.29) is 28.5 Å². The molecule has 1 aromatic rings. The molecule has 1 aliphatic rings. The molecule has 2 rings (SSSR count). The predicted molar refractivity (Wildman–Crippen MR) is 79.6 cm³/mol. The molecule has 112 valence electrons. The molecule has 0 unspecified atom stereocenters. The summed E-state index contributed by atoms with van der Waals surface area (Å²) in [6.07, 6.45) is 3.73. The van der Waals surface area contributed by atoms with Gasteiger partial charge in [0.25, 0.3) is 0 Å². The van der Waals surface area contributed by atoms with Crippen molar-refractivity contribution >= 4 is 33.2 Å². The summed E-state index contributed by atoms with van der Waals surface area (Å²) in [6.45, 7) is 0.239. The van der Waals surface area contributed by atoms with Crippen molar-refractivity contribution < 1.29 is 13.5 Å². The summed E-state index contributed by atoms with van der Waals surface area (Å²) in [5.74, 6) is 0. The average molecular weight is 338 g/mol. The molecule has 1 saturated carbocycles. The molecule has 0 bridgehead atoms. The molecule has 0 atom stereocenters. The smallest absolute Gasteiger partial charge is 0.240 e. The number of hydrogen-bond acceptors (Lipinski definition) is 3. The first-order valence-corrected chi connectivity index (χ1v) is 8.68. The van der Waals surface area contributed by atoms with Crippen LogP contribution in [0, 0.1) is 5.41 Å². The van der Waals surface area contributed by atoms with E-state index >= 15 is 0 Å². The molecule has 7 heteroatoms. The molecule has 0 heterocycles. The van der Waals surface area contributed by atoms with Gasteiger partial charge in [-0.1, -0.05) is 36.0 Å². The molecule has 1 fully saturated rings. The maximum atomic E-state index is 12.2. The second-order valence-electron chi connectivity index (χ2n) is 5.27. The van der Waals surface area contributed by atoms with Crippen LogP contribution in [0.4, 0.5) is 0 Å². The van der Waals surface area contributed by atoms with Crippen LogP contribution in [-0.2, 0) is 10.0 Å². The fourth-order valence-corrected chi connectivity index (χ4v) is 4.04. The van der Waals surface area contributed by atoms with Crippen molar-refractivity contribution in [2.45, 2.75) is 30.6 Å². The topological polar surface area (TPSA) is 66.4 Å². The minimum Gasteiger partial charge on any atom is -0.396 e. The molecule has 0 saturated heterocycles. The molecule has 1 aromatic carbocycles. The van der Waals surface area contributed by atoms with E-state index in [9.17, 15) is 13.5 Å². The second-order valence-corrected chi connectivity index (χ2v) is 7.85. The summed E-state index contributed by atoms with van der Waals surface area (Å²) in [4.78, 5) is 0.0815. The molecule has 4 nitrogen and oxygen atoms in total. The van der Waals surface area contributed by atoms with Crippen LogP contribution in [0.25, 0.3) is 0 Å². The average Bonchev–Trinajstić information content (AvgIpc) is 2.89. The number of rotatable bonds is 5. The first kappa shape index (κ1) is 16.0. The Hall–Kier alpha value is -0.330. The summed E-state index contributed by atoms with van der Waals surface area (Å²) >= 11 is 11.6. The Kier molecular flexibility index (Phi) is 4.97. The number of aliphatic hydroxyl groups is 1. The fourth-order valence-electron chi connectivity index (χ4n) is 2.49. The van der Waals surface area contributed by atoms with Crippen LogP contribution < -0.4 is 4.72 Å². The number of halogens is 2. The van der Waals surface area contributed by atoms with Crippen LogP contribution in [0.15, 0.2) is 23.1 Å². The van der Waals surface area contributed by atoms with Gasteiger partial charge in [-0.05, 0) is 31.0 Å². The molecule has 1 aliphatic carbocycles. The lowest BCUT2D eigenvalue weighted by Crippen LogP contribution is -2.38. The quantitative estimate of drug-likeness (QED) is 0.868. The monoisotopic (exact) mass is 337 g/mol. The largest absolute Gasteiger partial charge is 0.396 e. The third-order valence-corrected chi connectivity index (χ3v) is 5.98. The maximum Gasteiger partial charge on any atom is 0.240 e. The molecule has 0 aromatic heterocycles. The van der Waals surface area contributed by atoms with E-state index in [1.807, 2.05) is 0 Å². The summed E-state index contributed by atoms with van der Waals surface area (Å²) in [5.41, 5.74) is -0.330. The van der Waals surface area contributed by atoms with Crippen molar-refractivity contribution in [1.29, 1.82) is 0 Å². The summed E-state index contributed by atoms with van der Waals surface area (Å²) in [6, 6.07) is 4.19. The van der Waals surface area contributed by atoms with Crippen LogP contribution in [0.2, 0.25) is 10.0 Å². The van der Waals surface area contributed by atoms with E-state index in [1.54, 1.807) is 0 Å². The number of nitrogens with one attached hydrogen (secondary N) is 1. The van der Waals surface area contributed by atoms with Gasteiger partial charge in [0.1, 0.15) is 0 Å². The van der Waals surface area contributed by atoms with Crippen molar-refractivity contribution in [1.82, 2.24) is 4.72 Å². The maximum absolute atomic E-state index is 12.2. The Balaban J connectivity index is 2.13. The van der Waals surface area contributed by atoms with Gasteiger partial charge in [0.15, 0.2) is 0 Å². The fraction of sp³-hybridized carbons (Fsp3) is 0.538. The van der Waals surface area contributed by atoms with Crippen molar-refractivity contribution in [3.63, 3.8) is 0 Å². The zero-order chi connectivity index (χ0) is 14.8. The third-order valence-electron chi connectivity index (χ3n) is 3.84. The normalized spacial score (nSPS) is 18.4. The Labute approximate surface area is 129 Å². The molecule has 0 aliphatic heterocycles. The highest BCUT2D eigenvalue weighted by Gasteiger charge is 2.34. The van der Waals surface area contributed by atoms with Crippen molar-refractivity contribution in [3.05, 3.63) is 28.2 Å². The van der Waals surface area contributed by atoms with Gasteiger partial charge >= 0.3 is 0 Å². The zero-order valence-electron chi connectivity index (χ0n) is 10.9. The first-order valence-electron chi connectivity index (χ1n) is 6.44. The minimum atomic E-state index is -3.64. The van der Waals surface area contributed by atoms with Crippen molar-refractivity contribution in [3.8, 4) is 0 Å². The third kappa shape index (κ3) is 3.46. The lowest BCUT2D eigenvalue weighted by molar-refractivity contribution is 0.134. The van der Waals surface area contributed by atoms with E-state index in [0.717, 1.165) is 25.7 Å². The summed E-state index contributed by atoms with van der Waals surface area (Å²) in [7, 11) is -3.64. The SMILES string of the molecule is O=S(=O)(NCC1(CO)CCCC1)c1ccc(Cl)c(Cl)c1. The second kappa shape index (κ2) is 6.20. The highest BCUT2D eigenvalue weighted by molar-refractivity contribution is 7.89. The Bertz CT molecular complexity index is 583. The van der Waals surface area contributed by atoms with Gasteiger partial charge in [0.2, 0.25) is 10.0 Å². The van der Waals surface area contributed by atoms with Gasteiger partial charge in [-0.15, -0.1) is 0 Å². The van der Waals surface area contributed by atoms with Gasteiger partial charge in [0, 0.05) is 18.6 Å². The van der Waals surface area contributed by atoms with Gasteiger partial charge in [-0.3, -0.25) is 0 Å². The van der Waals surface area contributed by atoms with E-state index in [0.29, 0.717) is 5.02 Å². The highest BCUT2D eigenvalue weighted by Crippen LogP contribution is 2.37. The molecular weight excluding hydrogens is 321 g/mol. The van der Waals surface area contributed by atoms with E-state index < -0.39 is 10.0 Å². The Morgan fingerprint density at radius 3 is 2.40 bits per heavy atom. The highest BCUT2D eigenvalue weighted by atomic mass is 35.5. The summed E-state index contributed by atoms with van der Waals surface area (Å²) < 4.78 is 27.0. The number of hydrogen-bond donors (Lipinski definition) is 2. The molecular formula is C13H17Cl2NO3S. The van der Waals surface area contributed by atoms with Crippen molar-refractivity contribution in [2.24, 2.45) is 5.41 Å². The van der Waals surface area contributed by atoms with Crippen LogP contribution in [0.3, 0.4) is 0 Å². The van der Waals surface area contributed by atoms with Crippen LogP contribution in [-0.4, -0.2) is 26.7 Å². The van der Waals surface area contributed by atoms with Gasteiger partial charge in [-0.25, -0.2) is 13.1 Å². The molecule has 20 heavy (non-hydrogen) atoms. The van der Waals surface area contributed by atoms with Gasteiger partial charge in [0.05, 0.1) is 14.9 Å². The predicted octanol–water partition coefficient (Wildman–Crippen LogP) is 2.82. The number of sulfonamides is 1. The lowest BCUT2D eigenvalue weighted by Gasteiger charge is -2.26. The standard InChI is InChI=1S/C13H17Cl2NO3S/c14-11-4-3-10(7-12(11)15)20(18,19)16-8-13(9-17)5-1-2-6-13/h3-4,7,16-17H,1-2,5-6,8-9H2. The Morgan fingerprint density at radius 1 is 1.20 bits per heavy atom. The lowest BCUT2D eigenvalue weighted by atomic mass is 9.88. The first-order chi connectivity index (χ1) is 9.38. The molecule has 0 radical (unpaired) electrons. The van der Waals surface area contributed by atoms with Crippen LogP contribution in [0.5, 0.6) is 0 Å². The van der Waals surface area contributed by atoms with E-state index in [2.05, 4.69) is 4.72 Å². The molecule has 0 spiro atoms. The Morgan fingerprint density at radius 2 is 1.85 bits per heavy atom.